The Morgan fingerprint density at radius 3 is 2.44 bits per heavy atom. The summed E-state index contributed by atoms with van der Waals surface area (Å²) in [5, 5.41) is 0. The molecule has 41 heavy (non-hydrogen) atoms. The van der Waals surface area contributed by atoms with E-state index in [-0.39, 0.29) is 54.0 Å². The van der Waals surface area contributed by atoms with Gasteiger partial charge in [0.05, 0.1) is 18.8 Å². The summed E-state index contributed by atoms with van der Waals surface area (Å²) in [5.74, 6) is 0.407. The van der Waals surface area contributed by atoms with Crippen LogP contribution in [0.2, 0.25) is 0 Å². The van der Waals surface area contributed by atoms with Gasteiger partial charge in [0.25, 0.3) is 0 Å². The number of halogens is 3. The zero-order valence-electron chi connectivity index (χ0n) is 24.8. The van der Waals surface area contributed by atoms with E-state index in [1.807, 2.05) is 34.6 Å². The number of carbonyl (C=O) groups excluding carboxylic acids is 2. The molecule has 0 bridgehead atoms. The SMILES string of the molecule is Cn1c(C2(C(F)(F)F)CC2)cc2ncc(C(=O)CCC[C@H](C3CCC3)[C@H]3COC(C)(C)N3C(=O)OC(C)(C)C)nc21. The minimum absolute atomic E-state index is 0.0448. The molecule has 0 spiro atoms. The van der Waals surface area contributed by atoms with Crippen molar-refractivity contribution in [3.05, 3.63) is 23.7 Å². The zero-order valence-corrected chi connectivity index (χ0v) is 24.8. The highest BCUT2D eigenvalue weighted by Gasteiger charge is 2.65. The molecule has 1 aliphatic heterocycles. The lowest BCUT2D eigenvalue weighted by Gasteiger charge is -2.42. The van der Waals surface area contributed by atoms with Crippen molar-refractivity contribution in [3.63, 3.8) is 0 Å². The number of amides is 1. The Bertz CT molecular complexity index is 1320. The quantitative estimate of drug-likeness (QED) is 0.324. The molecule has 8 nitrogen and oxygen atoms in total. The summed E-state index contributed by atoms with van der Waals surface area (Å²) in [5.41, 5.74) is -2.35. The number of aromatic nitrogens is 3. The summed E-state index contributed by atoms with van der Waals surface area (Å²) >= 11 is 0. The first-order valence-corrected chi connectivity index (χ1v) is 14.6. The monoisotopic (exact) mass is 578 g/mol. The van der Waals surface area contributed by atoms with Gasteiger partial charge in [-0.05, 0) is 78.2 Å². The lowest BCUT2D eigenvalue weighted by Crippen LogP contribution is -2.53. The van der Waals surface area contributed by atoms with Gasteiger partial charge in [0, 0.05) is 19.2 Å². The predicted molar refractivity (Wildman–Crippen MR) is 146 cm³/mol. The van der Waals surface area contributed by atoms with E-state index in [0.717, 1.165) is 25.7 Å². The van der Waals surface area contributed by atoms with Crippen molar-refractivity contribution in [2.24, 2.45) is 18.9 Å². The molecule has 0 aromatic carbocycles. The van der Waals surface area contributed by atoms with E-state index in [9.17, 15) is 22.8 Å². The van der Waals surface area contributed by atoms with Crippen LogP contribution in [0, 0.1) is 11.8 Å². The van der Waals surface area contributed by atoms with Crippen molar-refractivity contribution in [1.29, 1.82) is 0 Å². The van der Waals surface area contributed by atoms with Crippen LogP contribution in [0.25, 0.3) is 11.2 Å². The second kappa shape index (κ2) is 10.2. The number of carbonyl (C=O) groups is 2. The number of alkyl halides is 3. The van der Waals surface area contributed by atoms with Gasteiger partial charge in [-0.2, -0.15) is 13.2 Å². The first-order valence-electron chi connectivity index (χ1n) is 14.6. The molecule has 1 saturated heterocycles. The number of ketones is 1. The minimum atomic E-state index is -4.34. The van der Waals surface area contributed by atoms with Gasteiger partial charge in [-0.3, -0.25) is 14.7 Å². The lowest BCUT2D eigenvalue weighted by molar-refractivity contribution is -0.162. The number of nitrogens with zero attached hydrogens (tertiary/aromatic N) is 4. The van der Waals surface area contributed by atoms with Crippen molar-refractivity contribution < 1.29 is 32.2 Å². The number of Topliss-reactive ketones (excluding diaryl/α,β-unsaturated/α-hetero) is 1. The van der Waals surface area contributed by atoms with Gasteiger partial charge in [0.2, 0.25) is 0 Å². The summed E-state index contributed by atoms with van der Waals surface area (Å²) in [6, 6.07) is 1.29. The Hall–Kier alpha value is -2.69. The van der Waals surface area contributed by atoms with Crippen LogP contribution in [0.5, 0.6) is 0 Å². The van der Waals surface area contributed by atoms with Gasteiger partial charge in [0.1, 0.15) is 28.0 Å². The highest BCUT2D eigenvalue weighted by atomic mass is 19.4. The fourth-order valence-electron chi connectivity index (χ4n) is 6.53. The maximum absolute atomic E-state index is 13.7. The van der Waals surface area contributed by atoms with Gasteiger partial charge in [-0.25, -0.2) is 9.78 Å². The van der Waals surface area contributed by atoms with Crippen LogP contribution in [0.1, 0.15) is 102 Å². The molecule has 2 atom stereocenters. The summed E-state index contributed by atoms with van der Waals surface area (Å²) in [6.45, 7) is 9.70. The molecule has 2 aromatic heterocycles. The fourth-order valence-corrected chi connectivity index (χ4v) is 6.53. The average Bonchev–Trinajstić information content (AvgIpc) is 3.49. The Kier molecular flexibility index (Phi) is 7.44. The Balaban J connectivity index is 1.28. The molecule has 5 rings (SSSR count). The number of fused-ring (bicyclic) bond motifs is 1. The number of ether oxygens (including phenoxy) is 2. The molecule has 2 aromatic rings. The van der Waals surface area contributed by atoms with Gasteiger partial charge in [-0.15, -0.1) is 0 Å². The van der Waals surface area contributed by atoms with E-state index in [1.165, 1.54) is 16.8 Å². The average molecular weight is 579 g/mol. The van der Waals surface area contributed by atoms with Crippen LogP contribution in [0.15, 0.2) is 12.3 Å². The zero-order chi connectivity index (χ0) is 30.0. The van der Waals surface area contributed by atoms with E-state index >= 15 is 0 Å². The summed E-state index contributed by atoms with van der Waals surface area (Å²) in [4.78, 5) is 36.9. The molecule has 3 fully saturated rings. The van der Waals surface area contributed by atoms with Crippen LogP contribution < -0.4 is 0 Å². The first kappa shape index (κ1) is 29.8. The number of rotatable bonds is 8. The topological polar surface area (TPSA) is 86.6 Å². The largest absolute Gasteiger partial charge is 0.444 e. The van der Waals surface area contributed by atoms with Gasteiger partial charge >= 0.3 is 12.3 Å². The van der Waals surface area contributed by atoms with Gasteiger partial charge in [0.15, 0.2) is 11.4 Å². The number of hydrogen-bond acceptors (Lipinski definition) is 6. The van der Waals surface area contributed by atoms with E-state index in [4.69, 9.17) is 9.47 Å². The second-order valence-electron chi connectivity index (χ2n) is 13.5. The van der Waals surface area contributed by atoms with Crippen molar-refractivity contribution in [2.45, 2.75) is 115 Å². The van der Waals surface area contributed by atoms with Crippen LogP contribution in [0.4, 0.5) is 18.0 Å². The summed E-state index contributed by atoms with van der Waals surface area (Å²) < 4.78 is 54.4. The minimum Gasteiger partial charge on any atom is -0.444 e. The van der Waals surface area contributed by atoms with E-state index in [2.05, 4.69) is 9.97 Å². The normalized spacial score (nSPS) is 23.0. The van der Waals surface area contributed by atoms with Crippen LogP contribution >= 0.6 is 0 Å². The smallest absolute Gasteiger partial charge is 0.412 e. The van der Waals surface area contributed by atoms with Crippen molar-refractivity contribution >= 4 is 23.0 Å². The summed E-state index contributed by atoms with van der Waals surface area (Å²) in [6.07, 6.45) is 1.58. The molecule has 2 saturated carbocycles. The molecule has 2 aliphatic carbocycles. The predicted octanol–water partition coefficient (Wildman–Crippen LogP) is 6.70. The molecule has 0 N–H and O–H groups in total. The third-order valence-corrected chi connectivity index (χ3v) is 9.10. The third kappa shape index (κ3) is 5.58. The molecule has 3 aliphatic rings. The van der Waals surface area contributed by atoms with Crippen molar-refractivity contribution in [2.75, 3.05) is 6.61 Å². The van der Waals surface area contributed by atoms with Crippen LogP contribution in [0.3, 0.4) is 0 Å². The van der Waals surface area contributed by atoms with Crippen molar-refractivity contribution in [1.82, 2.24) is 19.4 Å². The Morgan fingerprint density at radius 2 is 1.88 bits per heavy atom. The van der Waals surface area contributed by atoms with Crippen LogP contribution in [-0.4, -0.2) is 61.5 Å². The summed E-state index contributed by atoms with van der Waals surface area (Å²) in [7, 11) is 1.55. The lowest BCUT2D eigenvalue weighted by atomic mass is 9.70. The Morgan fingerprint density at radius 1 is 1.20 bits per heavy atom. The molecule has 0 unspecified atom stereocenters. The number of hydrogen-bond donors (Lipinski definition) is 0. The molecule has 3 heterocycles. The molecule has 226 valence electrons. The first-order chi connectivity index (χ1) is 19.0. The third-order valence-electron chi connectivity index (χ3n) is 9.10. The highest BCUT2D eigenvalue weighted by molar-refractivity contribution is 5.95. The van der Waals surface area contributed by atoms with E-state index in [1.54, 1.807) is 11.9 Å². The number of aryl methyl sites for hydroxylation is 1. The maximum atomic E-state index is 13.7. The van der Waals surface area contributed by atoms with Gasteiger partial charge in [-0.1, -0.05) is 19.3 Å². The molecular formula is C30H41F3N4O4. The van der Waals surface area contributed by atoms with E-state index in [0.29, 0.717) is 24.5 Å². The molecule has 0 radical (unpaired) electrons. The van der Waals surface area contributed by atoms with Crippen LogP contribution in [-0.2, 0) is 21.9 Å². The Labute approximate surface area is 239 Å². The molecular weight excluding hydrogens is 537 g/mol. The maximum Gasteiger partial charge on any atom is 0.412 e. The fraction of sp³-hybridized carbons (Fsp3) is 0.733. The highest BCUT2D eigenvalue weighted by Crippen LogP contribution is 2.59. The molecule has 1 amide bonds. The van der Waals surface area contributed by atoms with E-state index < -0.39 is 29.0 Å². The van der Waals surface area contributed by atoms with Crippen molar-refractivity contribution in [3.8, 4) is 0 Å². The van der Waals surface area contributed by atoms with Gasteiger partial charge < -0.3 is 14.0 Å². The molecule has 11 heteroatoms. The standard InChI is InChI=1S/C30H41F3N4O4/c1-27(2,3)41-26(39)37-22(17-40-28(37,4)5)19(18-9-7-10-18)11-8-12-23(38)21-16-34-20-15-24(36(6)25(20)35-21)29(13-14-29)30(31,32)33/h15-16,18-19,22H,7-14,17H2,1-6H3/t19-,22-/m1/s1. The second-order valence-corrected chi connectivity index (χ2v) is 13.5.